The quantitative estimate of drug-likeness (QED) is 0.370. The number of thiazole rings is 1. The van der Waals surface area contributed by atoms with Gasteiger partial charge in [0.25, 0.3) is 11.1 Å². The number of ketones is 1. The van der Waals surface area contributed by atoms with E-state index in [0.29, 0.717) is 29.3 Å². The van der Waals surface area contributed by atoms with Gasteiger partial charge in [-0.15, -0.1) is 0 Å². The zero-order chi connectivity index (χ0) is 24.4. The molecule has 1 aliphatic heterocycles. The third-order valence-corrected chi connectivity index (χ3v) is 8.25. The molecule has 2 aliphatic rings. The number of para-hydroxylation sites is 2. The molecule has 0 radical (unpaired) electrons. The number of hydrogen-bond acceptors (Lipinski definition) is 6. The van der Waals surface area contributed by atoms with Crippen molar-refractivity contribution in [3.8, 4) is 5.19 Å². The van der Waals surface area contributed by atoms with Gasteiger partial charge in [-0.05, 0) is 56.2 Å². The number of hydrogen-bond donors (Lipinski definition) is 1. The summed E-state index contributed by atoms with van der Waals surface area (Å²) in [5, 5.41) is 0.355. The van der Waals surface area contributed by atoms with E-state index in [1.54, 1.807) is 0 Å². The molecule has 1 saturated carbocycles. The van der Waals surface area contributed by atoms with E-state index in [0.717, 1.165) is 86.7 Å². The van der Waals surface area contributed by atoms with Crippen LogP contribution in [-0.2, 0) is 13.0 Å². The van der Waals surface area contributed by atoms with E-state index < -0.39 is 12.5 Å². The lowest BCUT2D eigenvalue weighted by Gasteiger charge is -2.31. The number of benzene rings is 1. The van der Waals surface area contributed by atoms with Crippen molar-refractivity contribution in [3.63, 3.8) is 0 Å². The van der Waals surface area contributed by atoms with Crippen LogP contribution in [0.25, 0.3) is 11.0 Å². The monoisotopic (exact) mass is 502 g/mol. The van der Waals surface area contributed by atoms with Gasteiger partial charge in [-0.2, -0.15) is 0 Å². The van der Waals surface area contributed by atoms with Crippen molar-refractivity contribution in [2.75, 3.05) is 19.7 Å². The highest BCUT2D eigenvalue weighted by Gasteiger charge is 2.27. The molecular formula is C26H32F2N4O2S. The van der Waals surface area contributed by atoms with Crippen molar-refractivity contribution in [2.24, 2.45) is 11.8 Å². The van der Waals surface area contributed by atoms with E-state index >= 15 is 0 Å². The highest BCUT2D eigenvalue weighted by Crippen LogP contribution is 2.35. The minimum absolute atomic E-state index is 0.114. The second-order valence-corrected chi connectivity index (χ2v) is 11.2. The molecule has 0 atom stereocenters. The number of imidazole rings is 1. The summed E-state index contributed by atoms with van der Waals surface area (Å²) in [6.07, 6.45) is 7.13. The van der Waals surface area contributed by atoms with Gasteiger partial charge in [0.05, 0.1) is 16.7 Å². The molecule has 9 heteroatoms. The van der Waals surface area contributed by atoms with Crippen molar-refractivity contribution < 1.29 is 18.3 Å². The Balaban J connectivity index is 1.04. The maximum Gasteiger partial charge on any atom is 0.278 e. The fourth-order valence-corrected chi connectivity index (χ4v) is 6.11. The van der Waals surface area contributed by atoms with Crippen LogP contribution in [0.5, 0.6) is 5.19 Å². The van der Waals surface area contributed by atoms with Crippen LogP contribution in [-0.4, -0.2) is 51.3 Å². The molecule has 3 heterocycles. The van der Waals surface area contributed by atoms with Gasteiger partial charge in [-0.3, -0.25) is 9.69 Å². The summed E-state index contributed by atoms with van der Waals surface area (Å²) in [7, 11) is 0. The highest BCUT2D eigenvalue weighted by atomic mass is 32.1. The number of aromatic nitrogens is 3. The van der Waals surface area contributed by atoms with Crippen LogP contribution in [0.1, 0.15) is 66.6 Å². The first-order valence-electron chi connectivity index (χ1n) is 12.5. The molecule has 1 N–H and O–H groups in total. The fourth-order valence-electron chi connectivity index (χ4n) is 5.20. The number of alkyl halides is 2. The van der Waals surface area contributed by atoms with Crippen LogP contribution in [0.15, 0.2) is 24.3 Å². The van der Waals surface area contributed by atoms with Crippen LogP contribution >= 0.6 is 11.3 Å². The molecule has 0 saturated heterocycles. The third-order valence-electron chi connectivity index (χ3n) is 7.18. The summed E-state index contributed by atoms with van der Waals surface area (Å²) in [5.74, 6) is -1.12. The maximum atomic E-state index is 13.1. The Bertz CT molecular complexity index is 1130. The van der Waals surface area contributed by atoms with Gasteiger partial charge >= 0.3 is 0 Å². The van der Waals surface area contributed by atoms with E-state index in [1.807, 2.05) is 24.3 Å². The van der Waals surface area contributed by atoms with Gasteiger partial charge in [0.15, 0.2) is 18.2 Å². The number of halogens is 2. The van der Waals surface area contributed by atoms with E-state index in [4.69, 9.17) is 4.74 Å². The van der Waals surface area contributed by atoms with Gasteiger partial charge in [0, 0.05) is 31.3 Å². The summed E-state index contributed by atoms with van der Waals surface area (Å²) >= 11 is 1.40. The number of carbonyl (C=O) groups is 1. The molecule has 0 amide bonds. The smallest absolute Gasteiger partial charge is 0.278 e. The molecule has 35 heavy (non-hydrogen) atoms. The number of rotatable bonds is 9. The predicted octanol–water partition coefficient (Wildman–Crippen LogP) is 5.88. The fraction of sp³-hybridized carbons (Fsp3) is 0.577. The predicted molar refractivity (Wildman–Crippen MR) is 132 cm³/mol. The minimum Gasteiger partial charge on any atom is -0.464 e. The largest absolute Gasteiger partial charge is 0.464 e. The van der Waals surface area contributed by atoms with Crippen molar-refractivity contribution in [2.45, 2.75) is 64.3 Å². The first-order chi connectivity index (χ1) is 16.8. The van der Waals surface area contributed by atoms with E-state index in [9.17, 15) is 13.6 Å². The molecule has 2 aromatic heterocycles. The molecule has 188 valence electrons. The molecule has 1 fully saturated rings. The Kier molecular flexibility index (Phi) is 7.16. The van der Waals surface area contributed by atoms with Crippen LogP contribution in [0.4, 0.5) is 8.78 Å². The number of carbonyl (C=O) groups excluding carboxylic acids is 1. The van der Waals surface area contributed by atoms with Crippen molar-refractivity contribution >= 4 is 28.2 Å². The molecular weight excluding hydrogens is 470 g/mol. The summed E-state index contributed by atoms with van der Waals surface area (Å²) in [5.41, 5.74) is 2.73. The number of nitrogens with one attached hydrogen (secondary N) is 1. The summed E-state index contributed by atoms with van der Waals surface area (Å²) in [6, 6.07) is 7.74. The lowest BCUT2D eigenvalue weighted by molar-refractivity contribution is -0.0230. The molecule has 0 bridgehead atoms. The van der Waals surface area contributed by atoms with Crippen LogP contribution in [0.2, 0.25) is 0 Å². The van der Waals surface area contributed by atoms with Crippen LogP contribution in [0.3, 0.4) is 0 Å². The second kappa shape index (κ2) is 10.3. The standard InChI is InChI=1S/C26H32F2N4O2S/c1-26(27,28)16-34-25-31-21-15-32(13-11-23(21)35-25)12-10-17-6-8-18(9-7-17)14-22(33)24-29-19-4-2-3-5-20(19)30-24/h2-5,17-18H,6-16H2,1H3,(H,29,30). The summed E-state index contributed by atoms with van der Waals surface area (Å²) in [6.45, 7) is 2.98. The molecule has 1 aliphatic carbocycles. The highest BCUT2D eigenvalue weighted by molar-refractivity contribution is 7.13. The van der Waals surface area contributed by atoms with E-state index in [1.165, 1.54) is 11.3 Å². The lowest BCUT2D eigenvalue weighted by atomic mass is 9.78. The van der Waals surface area contributed by atoms with Gasteiger partial charge in [-0.25, -0.2) is 18.7 Å². The maximum absolute atomic E-state index is 13.1. The molecule has 0 spiro atoms. The van der Waals surface area contributed by atoms with Crippen molar-refractivity contribution in [1.82, 2.24) is 19.9 Å². The number of H-pyrrole nitrogens is 1. The zero-order valence-corrected chi connectivity index (χ0v) is 20.9. The van der Waals surface area contributed by atoms with Crippen molar-refractivity contribution in [1.29, 1.82) is 0 Å². The molecule has 3 aromatic rings. The van der Waals surface area contributed by atoms with Crippen molar-refractivity contribution in [3.05, 3.63) is 40.7 Å². The number of aromatic amines is 1. The summed E-state index contributed by atoms with van der Waals surface area (Å²) in [4.78, 5) is 28.4. The first-order valence-corrected chi connectivity index (χ1v) is 13.3. The molecule has 6 nitrogen and oxygen atoms in total. The molecule has 0 unspecified atom stereocenters. The Labute approximate surface area is 208 Å². The van der Waals surface area contributed by atoms with Gasteiger partial charge < -0.3 is 9.72 Å². The number of nitrogens with zero attached hydrogens (tertiary/aromatic N) is 3. The van der Waals surface area contributed by atoms with Gasteiger partial charge in [0.2, 0.25) is 0 Å². The van der Waals surface area contributed by atoms with Gasteiger partial charge in [0.1, 0.15) is 0 Å². The molecule has 1 aromatic carbocycles. The zero-order valence-electron chi connectivity index (χ0n) is 20.1. The molecule has 5 rings (SSSR count). The number of Topliss-reactive ketones (excluding diaryl/α,β-unsaturated/α-hetero) is 1. The first kappa shape index (κ1) is 24.3. The average molecular weight is 503 g/mol. The Morgan fingerprint density at radius 3 is 2.74 bits per heavy atom. The lowest BCUT2D eigenvalue weighted by Crippen LogP contribution is -2.32. The Morgan fingerprint density at radius 1 is 1.20 bits per heavy atom. The normalized spacial score (nSPS) is 21.2. The van der Waals surface area contributed by atoms with E-state index in [-0.39, 0.29) is 5.78 Å². The third kappa shape index (κ3) is 6.25. The number of fused-ring (bicyclic) bond motifs is 2. The van der Waals surface area contributed by atoms with Crippen LogP contribution in [0, 0.1) is 11.8 Å². The van der Waals surface area contributed by atoms with E-state index in [2.05, 4.69) is 19.9 Å². The van der Waals surface area contributed by atoms with Crippen LogP contribution < -0.4 is 4.74 Å². The van der Waals surface area contributed by atoms with Gasteiger partial charge in [-0.1, -0.05) is 36.3 Å². The number of ether oxygens (including phenoxy) is 1. The summed E-state index contributed by atoms with van der Waals surface area (Å²) < 4.78 is 31.3. The Morgan fingerprint density at radius 2 is 1.97 bits per heavy atom. The Hall–Kier alpha value is -2.39. The minimum atomic E-state index is -2.85. The SMILES string of the molecule is CC(F)(F)COc1nc2c(s1)CCN(CCC1CCC(CC(=O)c3nc4ccccc4[nH]3)CC1)C2. The average Bonchev–Trinajstić information content (AvgIpc) is 3.45. The topological polar surface area (TPSA) is 71.1 Å². The second-order valence-electron chi connectivity index (χ2n) is 10.1.